The van der Waals surface area contributed by atoms with E-state index in [1.807, 2.05) is 26.0 Å². The number of carbonyl (C=O) groups excluding carboxylic acids is 4. The Kier molecular flexibility index (Phi) is 7.46. The topological polar surface area (TPSA) is 125 Å². The van der Waals surface area contributed by atoms with Gasteiger partial charge in [0, 0.05) is 30.9 Å². The van der Waals surface area contributed by atoms with Crippen molar-refractivity contribution in [2.24, 2.45) is 11.7 Å². The lowest BCUT2D eigenvalue weighted by Crippen LogP contribution is -2.60. The number of carbonyl (C=O) groups is 4. The van der Waals surface area contributed by atoms with E-state index in [4.69, 9.17) is 10.5 Å². The van der Waals surface area contributed by atoms with Gasteiger partial charge >= 0.3 is 0 Å². The number of nitrogens with two attached hydrogens (primary N) is 1. The lowest BCUT2D eigenvalue weighted by Gasteiger charge is -2.40. The molecule has 4 fully saturated rings. The lowest BCUT2D eigenvalue weighted by molar-refractivity contribution is -0.141. The fraction of sp³-hybridized carbons (Fsp3) is 0.643. The highest BCUT2D eigenvalue weighted by Crippen LogP contribution is 2.37. The standard InChI is InChI=1S/C28H39N5O5/c1-18(2)16-21(30-25(35)19-4-6-20(7-5-19)31-12-14-38-15-13-31)26(36)32-11-8-22-24(32)23(34)17-33(22)27(37)28(29)9-3-10-28/h4-7,18,21-22,24H,3,8-17,29H2,1-2H3,(H,30,35). The number of likely N-dealkylation sites (tertiary alicyclic amines) is 2. The number of anilines is 1. The Labute approximate surface area is 223 Å². The number of benzene rings is 1. The van der Waals surface area contributed by atoms with Crippen LogP contribution in [0.25, 0.3) is 0 Å². The van der Waals surface area contributed by atoms with Crippen LogP contribution >= 0.6 is 0 Å². The zero-order valence-electron chi connectivity index (χ0n) is 22.4. The van der Waals surface area contributed by atoms with Gasteiger partial charge in [-0.1, -0.05) is 13.8 Å². The molecule has 3 heterocycles. The molecule has 3 aliphatic heterocycles. The van der Waals surface area contributed by atoms with Crippen molar-refractivity contribution >= 4 is 29.2 Å². The molecule has 1 aromatic rings. The van der Waals surface area contributed by atoms with Crippen LogP contribution in [0, 0.1) is 5.92 Å². The molecule has 0 spiro atoms. The molecule has 38 heavy (non-hydrogen) atoms. The predicted octanol–water partition coefficient (Wildman–Crippen LogP) is 0.930. The summed E-state index contributed by atoms with van der Waals surface area (Å²) in [6.07, 6.45) is 3.16. The summed E-state index contributed by atoms with van der Waals surface area (Å²) in [5.74, 6) is -0.743. The van der Waals surface area contributed by atoms with Crippen molar-refractivity contribution in [2.75, 3.05) is 44.3 Å². The zero-order chi connectivity index (χ0) is 27.0. The van der Waals surface area contributed by atoms with Crippen LogP contribution in [0.2, 0.25) is 0 Å². The quantitative estimate of drug-likeness (QED) is 0.543. The maximum Gasteiger partial charge on any atom is 0.251 e. The molecule has 0 radical (unpaired) electrons. The number of Topliss-reactive ketones (excluding diaryl/α,β-unsaturated/α-hetero) is 1. The van der Waals surface area contributed by atoms with E-state index < -0.39 is 17.6 Å². The first-order valence-corrected chi connectivity index (χ1v) is 13.8. The van der Waals surface area contributed by atoms with Crippen LogP contribution in [0.5, 0.6) is 0 Å². The molecule has 3 saturated heterocycles. The van der Waals surface area contributed by atoms with Gasteiger partial charge in [-0.2, -0.15) is 0 Å². The van der Waals surface area contributed by atoms with Crippen LogP contribution in [0.15, 0.2) is 24.3 Å². The minimum atomic E-state index is -0.877. The van der Waals surface area contributed by atoms with Crippen molar-refractivity contribution in [1.82, 2.24) is 15.1 Å². The largest absolute Gasteiger partial charge is 0.378 e. The smallest absolute Gasteiger partial charge is 0.251 e. The number of nitrogens with zero attached hydrogens (tertiary/aromatic N) is 3. The Morgan fingerprint density at radius 3 is 2.37 bits per heavy atom. The highest BCUT2D eigenvalue weighted by molar-refractivity contribution is 6.02. The number of fused-ring (bicyclic) bond motifs is 1. The normalized spacial score (nSPS) is 25.3. The molecular formula is C28H39N5O5. The maximum absolute atomic E-state index is 13.7. The van der Waals surface area contributed by atoms with Crippen LogP contribution in [0.3, 0.4) is 0 Å². The van der Waals surface area contributed by atoms with Crippen LogP contribution in [-0.2, 0) is 19.1 Å². The third-order valence-corrected chi connectivity index (χ3v) is 8.45. The number of hydrogen-bond donors (Lipinski definition) is 2. The summed E-state index contributed by atoms with van der Waals surface area (Å²) in [4.78, 5) is 58.5. The first-order chi connectivity index (χ1) is 18.2. The Balaban J connectivity index is 1.27. The van der Waals surface area contributed by atoms with Crippen molar-refractivity contribution in [3.8, 4) is 0 Å². The van der Waals surface area contributed by atoms with E-state index in [-0.39, 0.29) is 42.0 Å². The maximum atomic E-state index is 13.7. The van der Waals surface area contributed by atoms with Crippen LogP contribution in [0.4, 0.5) is 5.69 Å². The molecule has 206 valence electrons. The Bertz CT molecular complexity index is 1080. The molecule has 1 aliphatic carbocycles. The summed E-state index contributed by atoms with van der Waals surface area (Å²) in [7, 11) is 0. The third kappa shape index (κ3) is 5.03. The van der Waals surface area contributed by atoms with E-state index in [0.717, 1.165) is 25.2 Å². The van der Waals surface area contributed by atoms with Gasteiger partial charge in [0.25, 0.3) is 5.91 Å². The molecule has 3 atom stereocenters. The second-order valence-corrected chi connectivity index (χ2v) is 11.5. The van der Waals surface area contributed by atoms with E-state index in [0.29, 0.717) is 51.0 Å². The molecule has 5 rings (SSSR count). The third-order valence-electron chi connectivity index (χ3n) is 8.45. The zero-order valence-corrected chi connectivity index (χ0v) is 22.4. The van der Waals surface area contributed by atoms with Gasteiger partial charge in [-0.3, -0.25) is 19.2 Å². The van der Waals surface area contributed by atoms with Gasteiger partial charge in [0.2, 0.25) is 11.8 Å². The second kappa shape index (κ2) is 10.6. The summed E-state index contributed by atoms with van der Waals surface area (Å²) in [6.45, 7) is 7.34. The first kappa shape index (κ1) is 26.6. The molecule has 1 saturated carbocycles. The number of amides is 3. The average molecular weight is 526 g/mol. The molecule has 3 N–H and O–H groups in total. The average Bonchev–Trinajstić information content (AvgIpc) is 3.47. The van der Waals surface area contributed by atoms with E-state index >= 15 is 0 Å². The SMILES string of the molecule is CC(C)CC(NC(=O)c1ccc(N2CCOCC2)cc1)C(=O)N1CCC2C1C(=O)CN2C(=O)C1(N)CCC1. The molecule has 4 aliphatic rings. The fourth-order valence-electron chi connectivity index (χ4n) is 6.18. The number of ketones is 1. The highest BCUT2D eigenvalue weighted by Gasteiger charge is 2.55. The molecule has 3 amide bonds. The fourth-order valence-corrected chi connectivity index (χ4v) is 6.18. The van der Waals surface area contributed by atoms with Crippen molar-refractivity contribution in [3.63, 3.8) is 0 Å². The van der Waals surface area contributed by atoms with Crippen molar-refractivity contribution < 1.29 is 23.9 Å². The van der Waals surface area contributed by atoms with Gasteiger partial charge in [-0.15, -0.1) is 0 Å². The van der Waals surface area contributed by atoms with Gasteiger partial charge in [-0.25, -0.2) is 0 Å². The number of rotatable bonds is 7. The van der Waals surface area contributed by atoms with Gasteiger partial charge in [0.1, 0.15) is 12.1 Å². The summed E-state index contributed by atoms with van der Waals surface area (Å²) >= 11 is 0. The summed E-state index contributed by atoms with van der Waals surface area (Å²) in [5, 5.41) is 2.94. The van der Waals surface area contributed by atoms with E-state index in [2.05, 4.69) is 10.2 Å². The lowest BCUT2D eigenvalue weighted by atomic mass is 9.76. The number of nitrogens with one attached hydrogen (secondary N) is 1. The van der Waals surface area contributed by atoms with Gasteiger partial charge in [0.05, 0.1) is 31.3 Å². The van der Waals surface area contributed by atoms with Crippen LogP contribution in [0.1, 0.15) is 56.3 Å². The van der Waals surface area contributed by atoms with Gasteiger partial charge in [0.15, 0.2) is 5.78 Å². The monoisotopic (exact) mass is 525 g/mol. The van der Waals surface area contributed by atoms with Gasteiger partial charge < -0.3 is 30.5 Å². The van der Waals surface area contributed by atoms with Crippen LogP contribution < -0.4 is 16.0 Å². The molecule has 3 unspecified atom stereocenters. The summed E-state index contributed by atoms with van der Waals surface area (Å²) < 4.78 is 5.41. The summed E-state index contributed by atoms with van der Waals surface area (Å²) in [5.41, 5.74) is 6.91. The molecule has 1 aromatic carbocycles. The Morgan fingerprint density at radius 2 is 1.76 bits per heavy atom. The Hall–Kier alpha value is -2.98. The van der Waals surface area contributed by atoms with Crippen LogP contribution in [-0.4, -0.2) is 96.4 Å². The predicted molar refractivity (Wildman–Crippen MR) is 142 cm³/mol. The molecule has 0 aromatic heterocycles. The van der Waals surface area contributed by atoms with E-state index in [1.54, 1.807) is 21.9 Å². The van der Waals surface area contributed by atoms with Crippen molar-refractivity contribution in [3.05, 3.63) is 29.8 Å². The van der Waals surface area contributed by atoms with E-state index in [1.165, 1.54) is 0 Å². The van der Waals surface area contributed by atoms with Gasteiger partial charge in [-0.05, 0) is 62.3 Å². The minimum absolute atomic E-state index is 0.00635. The first-order valence-electron chi connectivity index (χ1n) is 13.8. The highest BCUT2D eigenvalue weighted by atomic mass is 16.5. The molecule has 10 nitrogen and oxygen atoms in total. The number of ether oxygens (including phenoxy) is 1. The number of hydrogen-bond acceptors (Lipinski definition) is 7. The van der Waals surface area contributed by atoms with Crippen molar-refractivity contribution in [2.45, 2.75) is 69.6 Å². The minimum Gasteiger partial charge on any atom is -0.378 e. The van der Waals surface area contributed by atoms with Crippen molar-refractivity contribution in [1.29, 1.82) is 0 Å². The molecule has 10 heteroatoms. The molecular weight excluding hydrogens is 486 g/mol. The molecule has 0 bridgehead atoms. The van der Waals surface area contributed by atoms with E-state index in [9.17, 15) is 19.2 Å². The summed E-state index contributed by atoms with van der Waals surface area (Å²) in [6, 6.07) is 5.61. The Morgan fingerprint density at radius 1 is 1.08 bits per heavy atom. The second-order valence-electron chi connectivity index (χ2n) is 11.5. The number of morpholine rings is 1.